The van der Waals surface area contributed by atoms with Crippen LogP contribution < -0.4 is 0 Å². The fourth-order valence-corrected chi connectivity index (χ4v) is 9.03. The first kappa shape index (κ1) is 74.2. The van der Waals surface area contributed by atoms with Crippen molar-refractivity contribution in [3.63, 3.8) is 0 Å². The van der Waals surface area contributed by atoms with Gasteiger partial charge in [-0.2, -0.15) is 0 Å². The predicted octanol–water partition coefficient (Wildman–Crippen LogP) is -5.62. The highest BCUT2D eigenvalue weighted by molar-refractivity contribution is 4.96. The smallest absolute Gasteiger partial charge is 0.209 e. The third kappa shape index (κ3) is 21.8. The van der Waals surface area contributed by atoms with Crippen LogP contribution in [0.1, 0.15) is 96.9 Å². The Balaban J connectivity index is 1.67. The van der Waals surface area contributed by atoms with Crippen LogP contribution in [0.4, 0.5) is 0 Å². The normalized spacial score (nSPS) is 37.6. The van der Waals surface area contributed by atoms with E-state index >= 15 is 0 Å². The zero-order valence-corrected chi connectivity index (χ0v) is 49.7. The molecule has 0 aromatic carbocycles. The predicted molar refractivity (Wildman–Crippen MR) is 277 cm³/mol. The fraction of sp³-hybridized carbons (Fsp3) is 1.00. The van der Waals surface area contributed by atoms with Crippen molar-refractivity contribution in [2.24, 2.45) is 0 Å². The highest BCUT2D eigenvalue weighted by Crippen LogP contribution is 2.35. The lowest BCUT2D eigenvalue weighted by Crippen LogP contribution is -2.65. The number of aliphatic hydroxyl groups excluding tert-OH is 14. The Bertz CT molecular complexity index is 1840. The van der Waals surface area contributed by atoms with Gasteiger partial charge in [0.25, 0.3) is 0 Å². The topological polar surface area (TPSA) is 462 Å². The minimum atomic E-state index is -2.59. The van der Waals surface area contributed by atoms with Crippen molar-refractivity contribution in [2.75, 3.05) is 39.6 Å². The van der Waals surface area contributed by atoms with Gasteiger partial charge >= 0.3 is 0 Å². The van der Waals surface area contributed by atoms with Crippen molar-refractivity contribution in [3.8, 4) is 0 Å². The van der Waals surface area contributed by atoms with Crippen LogP contribution in [0.15, 0.2) is 0 Å². The molecule has 83 heavy (non-hydrogen) atoms. The van der Waals surface area contributed by atoms with E-state index in [2.05, 4.69) is 0 Å². The number of aliphatic hydroxyl groups is 16. The minimum Gasteiger partial charge on any atom is -0.394 e. The highest BCUT2D eigenvalue weighted by Gasteiger charge is 2.54. The van der Waals surface area contributed by atoms with Crippen LogP contribution in [0.2, 0.25) is 0 Å². The maximum absolute atomic E-state index is 11.8. The summed E-state index contributed by atoms with van der Waals surface area (Å²) >= 11 is 0. The van der Waals surface area contributed by atoms with Crippen LogP contribution in [-0.2, 0) is 71.1 Å². The van der Waals surface area contributed by atoms with Crippen LogP contribution in [-0.4, -0.2) is 316 Å². The van der Waals surface area contributed by atoms with Crippen LogP contribution >= 0.6 is 0 Å². The third-order valence-electron chi connectivity index (χ3n) is 13.3. The molecule has 24 unspecified atom stereocenters. The summed E-state index contributed by atoms with van der Waals surface area (Å²) in [7, 11) is 0. The molecule has 4 heterocycles. The SMILES string of the molecule is C[C@H](OC1OC(CO)C(OC(C)(C)C)C(O)C1O)C(COC1OC(CO)C(OC(C)(C)C)C(O)C1O)OC(OCC1OC(O[C@@H](C)C(CO)OC(OC(C)(C)C)C(O)O)C(OC2OC(COC(C)(C)C)C(O)C(O)C2O)C(O)C1O)C(O)O. The summed E-state index contributed by atoms with van der Waals surface area (Å²) in [5.74, 6) is 0. The Hall–Kier alpha value is -1.24. The van der Waals surface area contributed by atoms with Gasteiger partial charge in [-0.25, -0.2) is 0 Å². The summed E-state index contributed by atoms with van der Waals surface area (Å²) in [4.78, 5) is 0. The van der Waals surface area contributed by atoms with Crippen LogP contribution in [0.3, 0.4) is 0 Å². The van der Waals surface area contributed by atoms with Gasteiger partial charge in [0.05, 0.1) is 74.3 Å². The Kier molecular flexibility index (Phi) is 28.1. The van der Waals surface area contributed by atoms with Gasteiger partial charge in [0.2, 0.25) is 25.2 Å². The van der Waals surface area contributed by atoms with E-state index in [1.807, 2.05) is 0 Å². The second-order valence-corrected chi connectivity index (χ2v) is 25.0. The summed E-state index contributed by atoms with van der Waals surface area (Å²) in [6, 6.07) is 0. The molecule has 0 aliphatic carbocycles. The van der Waals surface area contributed by atoms with Crippen molar-refractivity contribution in [1.82, 2.24) is 0 Å². The molecule has 4 aliphatic heterocycles. The van der Waals surface area contributed by atoms with Crippen molar-refractivity contribution >= 4 is 0 Å². The quantitative estimate of drug-likeness (QED) is 0.0325. The average Bonchev–Trinajstić information content (AvgIpc) is 3.39. The maximum Gasteiger partial charge on any atom is 0.209 e. The van der Waals surface area contributed by atoms with Gasteiger partial charge in [-0.05, 0) is 96.9 Å². The molecule has 4 fully saturated rings. The third-order valence-corrected chi connectivity index (χ3v) is 13.3. The highest BCUT2D eigenvalue weighted by atomic mass is 16.8. The second-order valence-electron chi connectivity index (χ2n) is 25.0. The van der Waals surface area contributed by atoms with E-state index in [0.29, 0.717) is 0 Å². The van der Waals surface area contributed by atoms with Gasteiger partial charge < -0.3 is 153 Å². The van der Waals surface area contributed by atoms with Crippen molar-refractivity contribution in [3.05, 3.63) is 0 Å². The van der Waals surface area contributed by atoms with Crippen molar-refractivity contribution in [2.45, 2.75) is 292 Å². The Labute approximate surface area is 483 Å². The van der Waals surface area contributed by atoms with Gasteiger partial charge in [0, 0.05) is 0 Å². The zero-order chi connectivity index (χ0) is 63.0. The van der Waals surface area contributed by atoms with E-state index in [0.717, 1.165) is 0 Å². The molecule has 31 nitrogen and oxygen atoms in total. The monoisotopic (exact) mass is 1220 g/mol. The lowest BCUT2D eigenvalue weighted by molar-refractivity contribution is -0.382. The van der Waals surface area contributed by atoms with Gasteiger partial charge in [-0.3, -0.25) is 0 Å². The molecular weight excluding hydrogens is 1120 g/mol. The Morgan fingerprint density at radius 1 is 0.422 bits per heavy atom. The zero-order valence-electron chi connectivity index (χ0n) is 49.7. The minimum absolute atomic E-state index is 0.326. The molecule has 31 heteroatoms. The van der Waals surface area contributed by atoms with Gasteiger partial charge in [-0.1, -0.05) is 0 Å². The van der Waals surface area contributed by atoms with E-state index in [1.54, 1.807) is 83.1 Å². The van der Waals surface area contributed by atoms with Gasteiger partial charge in [0.1, 0.15) is 110 Å². The van der Waals surface area contributed by atoms with Crippen LogP contribution in [0.5, 0.6) is 0 Å². The molecule has 0 spiro atoms. The number of hydrogen-bond acceptors (Lipinski definition) is 31. The first-order valence-corrected chi connectivity index (χ1v) is 27.7. The summed E-state index contributed by atoms with van der Waals surface area (Å²) in [5.41, 5.74) is -3.53. The standard InChI is InChI=1S/C52H98O31/c1-21(23(15-53)74-48(42(67)68)83-52(12,13)14)73-46-40(80-45-35(62)31(58)29(56)28(78-45)20-71-49(3,4)5)32(59)30(57)27(79-46)19-70-47(41(65)66)77-26(18-69-43-36(63)33(60)38(24(16-54)75-43)81-50(6,7)8)22(2)72-44-37(64)34(61)39(25(17-55)76-44)82-51(9,10)11/h21-48,53-68H,15-20H2,1-14H3/t21-,22-,23?,24?,25?,26?,27?,28?,29?,30?,31?,32?,33?,34?,35?,36?,37?,38?,39?,40?,43?,44?,45?,46?,47?,48?/m0/s1. The number of rotatable bonds is 28. The molecule has 492 valence electrons. The molecule has 0 saturated carbocycles. The molecule has 4 rings (SSSR count). The largest absolute Gasteiger partial charge is 0.394 e. The molecule has 0 radical (unpaired) electrons. The molecule has 0 aromatic rings. The first-order valence-electron chi connectivity index (χ1n) is 27.7. The maximum atomic E-state index is 11.8. The second kappa shape index (κ2) is 31.5. The van der Waals surface area contributed by atoms with Crippen molar-refractivity contribution < 1.29 is 153 Å². The van der Waals surface area contributed by atoms with E-state index < -0.39 is 228 Å². The molecule has 26 atom stereocenters. The van der Waals surface area contributed by atoms with Crippen LogP contribution in [0.25, 0.3) is 0 Å². The molecule has 0 aromatic heterocycles. The summed E-state index contributed by atoms with van der Waals surface area (Å²) < 4.78 is 88.3. The molecule has 0 bridgehead atoms. The number of ether oxygens (including phenoxy) is 15. The van der Waals surface area contributed by atoms with Crippen molar-refractivity contribution in [1.29, 1.82) is 0 Å². The molecular formula is C52H98O31. The lowest BCUT2D eigenvalue weighted by atomic mass is 9.97. The average molecular weight is 1220 g/mol. The van der Waals surface area contributed by atoms with E-state index in [9.17, 15) is 81.7 Å². The number of hydrogen-bond donors (Lipinski definition) is 16. The van der Waals surface area contributed by atoms with E-state index in [1.165, 1.54) is 13.8 Å². The summed E-state index contributed by atoms with van der Waals surface area (Å²) in [5, 5.41) is 174. The summed E-state index contributed by atoms with van der Waals surface area (Å²) in [6.45, 7) is 18.3. The van der Waals surface area contributed by atoms with E-state index in [-0.39, 0.29) is 6.61 Å². The van der Waals surface area contributed by atoms with E-state index in [4.69, 9.17) is 71.1 Å². The van der Waals surface area contributed by atoms with Gasteiger partial charge in [-0.15, -0.1) is 0 Å². The Morgan fingerprint density at radius 3 is 1.33 bits per heavy atom. The molecule has 0 amide bonds. The van der Waals surface area contributed by atoms with Crippen LogP contribution in [0, 0.1) is 0 Å². The lowest BCUT2D eigenvalue weighted by Gasteiger charge is -2.47. The molecule has 4 aliphatic rings. The molecule has 16 N–H and O–H groups in total. The first-order chi connectivity index (χ1) is 38.2. The fourth-order valence-electron chi connectivity index (χ4n) is 9.03. The Morgan fingerprint density at radius 2 is 0.843 bits per heavy atom. The molecule has 4 saturated heterocycles. The summed E-state index contributed by atoms with van der Waals surface area (Å²) in [6.07, 6.45) is -49.0. The van der Waals surface area contributed by atoms with Gasteiger partial charge in [0.15, 0.2) is 25.2 Å².